The molecule has 1 amide bonds. The Morgan fingerprint density at radius 2 is 2.26 bits per heavy atom. The number of carbonyl (C=O) groups excluding carboxylic acids is 1. The molecule has 3 rings (SSSR count). The van der Waals surface area contributed by atoms with E-state index in [1.165, 1.54) is 0 Å². The first-order valence-electron chi connectivity index (χ1n) is 6.58. The topological polar surface area (TPSA) is 53.7 Å². The van der Waals surface area contributed by atoms with Gasteiger partial charge in [0, 0.05) is 19.0 Å². The van der Waals surface area contributed by atoms with Gasteiger partial charge in [-0.2, -0.15) is 0 Å². The van der Waals surface area contributed by atoms with Crippen LogP contribution in [0.5, 0.6) is 0 Å². The fourth-order valence-corrected chi connectivity index (χ4v) is 2.93. The molecule has 100 valence electrons. The highest BCUT2D eigenvalue weighted by Gasteiger charge is 2.32. The Kier molecular flexibility index (Phi) is 3.03. The number of rotatable bonds is 1. The molecule has 1 aliphatic carbocycles. The first-order chi connectivity index (χ1) is 9.16. The second-order valence-electron chi connectivity index (χ2n) is 5.09. The normalized spacial score (nSPS) is 23.8. The summed E-state index contributed by atoms with van der Waals surface area (Å²) in [6.45, 7) is 2.19. The SMILES string of the molecule is CC(=O)N1CCC(O)CC1c1ccc2occcc1-2. The number of likely N-dealkylation sites (tertiary alicyclic amines) is 1. The van der Waals surface area contributed by atoms with E-state index in [2.05, 4.69) is 0 Å². The Balaban J connectivity index is 2.00. The molecular weight excluding hydrogens is 242 g/mol. The second-order valence-corrected chi connectivity index (χ2v) is 5.09. The first kappa shape index (κ1) is 12.2. The van der Waals surface area contributed by atoms with Gasteiger partial charge in [-0.1, -0.05) is 6.07 Å². The highest BCUT2D eigenvalue weighted by atomic mass is 16.3. The number of hydrogen-bond donors (Lipinski definition) is 1. The molecule has 4 heteroatoms. The zero-order valence-corrected chi connectivity index (χ0v) is 10.9. The largest absolute Gasteiger partial charge is 0.464 e. The standard InChI is InChI=1S/C15H17NO3/c1-10(17)16-7-6-11(18)9-14(16)12-4-5-15-13(12)3-2-8-19-15/h2-5,8,11,14,18H,6-7,9H2,1H3. The number of aliphatic hydroxyl groups excluding tert-OH is 1. The molecule has 19 heavy (non-hydrogen) atoms. The van der Waals surface area contributed by atoms with Crippen LogP contribution < -0.4 is 0 Å². The van der Waals surface area contributed by atoms with Crippen LogP contribution in [0.4, 0.5) is 0 Å². The van der Waals surface area contributed by atoms with Crippen LogP contribution in [0.15, 0.2) is 34.9 Å². The van der Waals surface area contributed by atoms with Gasteiger partial charge in [0.1, 0.15) is 5.76 Å². The summed E-state index contributed by atoms with van der Waals surface area (Å²) in [6.07, 6.45) is 2.54. The van der Waals surface area contributed by atoms with E-state index in [0.717, 1.165) is 16.9 Å². The molecule has 0 spiro atoms. The summed E-state index contributed by atoms with van der Waals surface area (Å²) in [4.78, 5) is 13.6. The Bertz CT molecular complexity index is 562. The third-order valence-electron chi connectivity index (χ3n) is 3.87. The number of hydrogen-bond acceptors (Lipinski definition) is 3. The number of carbonyl (C=O) groups is 1. The van der Waals surface area contributed by atoms with E-state index in [4.69, 9.17) is 4.42 Å². The molecule has 2 heterocycles. The molecule has 0 aromatic rings. The maximum absolute atomic E-state index is 11.8. The van der Waals surface area contributed by atoms with E-state index in [0.29, 0.717) is 19.4 Å². The number of amides is 1. The number of fused-ring (bicyclic) bond motifs is 1. The van der Waals surface area contributed by atoms with Crippen molar-refractivity contribution in [2.45, 2.75) is 31.9 Å². The number of nitrogens with zero attached hydrogens (tertiary/aromatic N) is 1. The quantitative estimate of drug-likeness (QED) is 0.855. The molecule has 3 aliphatic rings. The van der Waals surface area contributed by atoms with Crippen molar-refractivity contribution >= 4 is 5.91 Å². The number of aliphatic hydroxyl groups is 1. The lowest BCUT2D eigenvalue weighted by Gasteiger charge is -2.37. The van der Waals surface area contributed by atoms with Crippen LogP contribution in [0.1, 0.15) is 31.4 Å². The molecule has 0 saturated carbocycles. The summed E-state index contributed by atoms with van der Waals surface area (Å²) in [6, 6.07) is 7.70. The minimum absolute atomic E-state index is 0.0547. The van der Waals surface area contributed by atoms with E-state index in [1.807, 2.05) is 29.2 Å². The van der Waals surface area contributed by atoms with Crippen LogP contribution >= 0.6 is 0 Å². The minimum atomic E-state index is -0.341. The molecular formula is C15H17NO3. The van der Waals surface area contributed by atoms with Crippen LogP contribution in [-0.4, -0.2) is 28.6 Å². The second kappa shape index (κ2) is 4.70. The lowest BCUT2D eigenvalue weighted by atomic mass is 9.92. The smallest absolute Gasteiger partial charge is 0.219 e. The minimum Gasteiger partial charge on any atom is -0.464 e. The summed E-state index contributed by atoms with van der Waals surface area (Å²) in [5.41, 5.74) is 2.08. The van der Waals surface area contributed by atoms with Crippen LogP contribution in [0.25, 0.3) is 11.3 Å². The Labute approximate surface area is 112 Å². The van der Waals surface area contributed by atoms with Crippen molar-refractivity contribution in [3.8, 4) is 11.3 Å². The average Bonchev–Trinajstić information content (AvgIpc) is 2.82. The zero-order valence-electron chi connectivity index (χ0n) is 10.9. The van der Waals surface area contributed by atoms with Gasteiger partial charge in [0.25, 0.3) is 0 Å². The van der Waals surface area contributed by atoms with Crippen molar-refractivity contribution in [1.82, 2.24) is 4.90 Å². The predicted octanol–water partition coefficient (Wildman–Crippen LogP) is 2.43. The first-order valence-corrected chi connectivity index (χ1v) is 6.58. The van der Waals surface area contributed by atoms with Crippen molar-refractivity contribution < 1.29 is 14.3 Å². The van der Waals surface area contributed by atoms with E-state index in [9.17, 15) is 9.90 Å². The van der Waals surface area contributed by atoms with Crippen LogP contribution in [0.3, 0.4) is 0 Å². The molecule has 4 nitrogen and oxygen atoms in total. The van der Waals surface area contributed by atoms with Crippen molar-refractivity contribution in [2.24, 2.45) is 0 Å². The lowest BCUT2D eigenvalue weighted by molar-refractivity contribution is -0.134. The van der Waals surface area contributed by atoms with Gasteiger partial charge in [0.2, 0.25) is 5.91 Å². The van der Waals surface area contributed by atoms with Crippen molar-refractivity contribution in [2.75, 3.05) is 6.54 Å². The van der Waals surface area contributed by atoms with Crippen molar-refractivity contribution in [3.63, 3.8) is 0 Å². The number of piperidine rings is 1. The van der Waals surface area contributed by atoms with Gasteiger partial charge in [-0.05, 0) is 36.6 Å². The fourth-order valence-electron chi connectivity index (χ4n) is 2.93. The van der Waals surface area contributed by atoms with E-state index >= 15 is 0 Å². The van der Waals surface area contributed by atoms with Crippen LogP contribution in [0.2, 0.25) is 0 Å². The maximum Gasteiger partial charge on any atom is 0.219 e. The highest BCUT2D eigenvalue weighted by molar-refractivity contribution is 5.75. The Morgan fingerprint density at radius 3 is 3.05 bits per heavy atom. The molecule has 2 unspecified atom stereocenters. The molecule has 1 fully saturated rings. The molecule has 0 radical (unpaired) electrons. The predicted molar refractivity (Wildman–Crippen MR) is 70.7 cm³/mol. The van der Waals surface area contributed by atoms with Gasteiger partial charge in [-0.25, -0.2) is 0 Å². The van der Waals surface area contributed by atoms with Crippen LogP contribution in [-0.2, 0) is 4.79 Å². The summed E-state index contributed by atoms with van der Waals surface area (Å²) in [7, 11) is 0. The van der Waals surface area contributed by atoms with Gasteiger partial charge in [0.15, 0.2) is 0 Å². The van der Waals surface area contributed by atoms with Gasteiger partial charge in [0.05, 0.1) is 18.4 Å². The van der Waals surface area contributed by atoms with Gasteiger partial charge >= 0.3 is 0 Å². The monoisotopic (exact) mass is 259 g/mol. The Morgan fingerprint density at radius 1 is 1.42 bits per heavy atom. The van der Waals surface area contributed by atoms with E-state index < -0.39 is 0 Å². The zero-order chi connectivity index (χ0) is 13.4. The van der Waals surface area contributed by atoms with Crippen LogP contribution in [0, 0.1) is 0 Å². The summed E-state index contributed by atoms with van der Waals surface area (Å²) in [5, 5.41) is 9.89. The molecule has 0 aromatic heterocycles. The molecule has 2 aliphatic heterocycles. The molecule has 2 atom stereocenters. The van der Waals surface area contributed by atoms with E-state index in [-0.39, 0.29) is 18.1 Å². The van der Waals surface area contributed by atoms with Gasteiger partial charge < -0.3 is 14.4 Å². The third kappa shape index (κ3) is 2.12. The third-order valence-corrected chi connectivity index (χ3v) is 3.87. The van der Waals surface area contributed by atoms with Gasteiger partial charge in [-0.15, -0.1) is 0 Å². The highest BCUT2D eigenvalue weighted by Crippen LogP contribution is 2.39. The molecule has 1 saturated heterocycles. The van der Waals surface area contributed by atoms with Gasteiger partial charge in [-0.3, -0.25) is 4.79 Å². The van der Waals surface area contributed by atoms with Crippen molar-refractivity contribution in [3.05, 3.63) is 36.1 Å². The summed E-state index contributed by atoms with van der Waals surface area (Å²) >= 11 is 0. The molecule has 0 aromatic carbocycles. The summed E-state index contributed by atoms with van der Waals surface area (Å²) < 4.78 is 5.44. The Hall–Kier alpha value is -1.81. The lowest BCUT2D eigenvalue weighted by Crippen LogP contribution is -2.41. The van der Waals surface area contributed by atoms with E-state index in [1.54, 1.807) is 13.2 Å². The maximum atomic E-state index is 11.8. The average molecular weight is 259 g/mol. The fraction of sp³-hybridized carbons (Fsp3) is 0.400. The molecule has 1 N–H and O–H groups in total. The molecule has 0 bridgehead atoms. The summed E-state index contributed by atoms with van der Waals surface area (Å²) in [5.74, 6) is 0.875. The van der Waals surface area contributed by atoms with Crippen molar-refractivity contribution in [1.29, 1.82) is 0 Å².